The summed E-state index contributed by atoms with van der Waals surface area (Å²) in [5, 5.41) is 5.24. The molecule has 0 N–H and O–H groups in total. The largest absolute Gasteiger partial charge is 0.310 e. The van der Waals surface area contributed by atoms with Crippen LogP contribution in [0.2, 0.25) is 0 Å². The molecule has 0 atom stereocenters. The van der Waals surface area contributed by atoms with Crippen molar-refractivity contribution in [3.05, 3.63) is 188 Å². The maximum atomic E-state index is 2.38. The average Bonchev–Trinajstić information content (AvgIpc) is 3.77. The highest BCUT2D eigenvalue weighted by Gasteiger charge is 2.17. The summed E-state index contributed by atoms with van der Waals surface area (Å²) >= 11 is 3.74. The highest BCUT2D eigenvalue weighted by molar-refractivity contribution is 7.26. The molecule has 0 spiro atoms. The Morgan fingerprint density at radius 2 is 0.804 bits per heavy atom. The van der Waals surface area contributed by atoms with Crippen LogP contribution >= 0.6 is 22.7 Å². The minimum atomic E-state index is 1.12. The summed E-state index contributed by atoms with van der Waals surface area (Å²) in [6, 6.07) is 68.6. The van der Waals surface area contributed by atoms with Crippen LogP contribution in [0.3, 0.4) is 0 Å². The lowest BCUT2D eigenvalue weighted by molar-refractivity contribution is 1.29. The van der Waals surface area contributed by atoms with E-state index >= 15 is 0 Å². The Balaban J connectivity index is 1.09. The van der Waals surface area contributed by atoms with Gasteiger partial charge >= 0.3 is 0 Å². The second-order valence-electron chi connectivity index (χ2n) is 12.9. The summed E-state index contributed by atoms with van der Waals surface area (Å²) in [4.78, 5) is 2.38. The molecule has 0 unspecified atom stereocenters. The lowest BCUT2D eigenvalue weighted by Crippen LogP contribution is -2.09. The van der Waals surface area contributed by atoms with Crippen molar-refractivity contribution < 1.29 is 0 Å². The van der Waals surface area contributed by atoms with E-state index in [1.807, 2.05) is 22.7 Å². The zero-order valence-corrected chi connectivity index (χ0v) is 29.3. The molecule has 0 saturated heterocycles. The van der Waals surface area contributed by atoms with Gasteiger partial charge in [0.2, 0.25) is 0 Å². The fourth-order valence-electron chi connectivity index (χ4n) is 7.45. The van der Waals surface area contributed by atoms with Gasteiger partial charge in [0.1, 0.15) is 0 Å². The molecule has 3 heteroatoms. The van der Waals surface area contributed by atoms with E-state index in [0.717, 1.165) is 17.1 Å². The molecule has 8 aromatic carbocycles. The first-order valence-corrected chi connectivity index (χ1v) is 18.9. The molecule has 0 radical (unpaired) electrons. The Bertz CT molecular complexity index is 2840. The highest BCUT2D eigenvalue weighted by atomic mass is 32.1. The third-order valence-electron chi connectivity index (χ3n) is 9.91. The Kier molecular flexibility index (Phi) is 7.26. The fourth-order valence-corrected chi connectivity index (χ4v) is 9.77. The number of benzene rings is 8. The van der Waals surface area contributed by atoms with Gasteiger partial charge in [0.15, 0.2) is 0 Å². The van der Waals surface area contributed by atoms with Crippen LogP contribution in [0.25, 0.3) is 73.7 Å². The molecule has 0 amide bonds. The van der Waals surface area contributed by atoms with Gasteiger partial charge in [0.25, 0.3) is 0 Å². The molecule has 10 aromatic rings. The molecule has 2 aromatic heterocycles. The Hall–Kier alpha value is -6.00. The number of anilines is 3. The molecule has 51 heavy (non-hydrogen) atoms. The predicted octanol–water partition coefficient (Wildman–Crippen LogP) is 14.9. The van der Waals surface area contributed by atoms with E-state index < -0.39 is 0 Å². The molecule has 2 heterocycles. The Morgan fingerprint density at radius 1 is 0.294 bits per heavy atom. The van der Waals surface area contributed by atoms with Crippen LogP contribution < -0.4 is 4.90 Å². The van der Waals surface area contributed by atoms with Gasteiger partial charge in [-0.3, -0.25) is 0 Å². The third-order valence-corrected chi connectivity index (χ3v) is 12.3. The van der Waals surface area contributed by atoms with Gasteiger partial charge in [-0.05, 0) is 82.4 Å². The van der Waals surface area contributed by atoms with Crippen LogP contribution in [0.15, 0.2) is 188 Å². The van der Waals surface area contributed by atoms with Gasteiger partial charge in [-0.25, -0.2) is 0 Å². The summed E-state index contributed by atoms with van der Waals surface area (Å²) < 4.78 is 5.29. The maximum Gasteiger partial charge on any atom is 0.0468 e. The van der Waals surface area contributed by atoms with E-state index in [0.29, 0.717) is 0 Å². The lowest BCUT2D eigenvalue weighted by Gasteiger charge is -2.26. The Labute approximate surface area is 304 Å². The van der Waals surface area contributed by atoms with Gasteiger partial charge in [-0.1, -0.05) is 133 Å². The lowest BCUT2D eigenvalue weighted by atomic mass is 9.93. The van der Waals surface area contributed by atoms with Crippen molar-refractivity contribution in [1.29, 1.82) is 0 Å². The summed E-state index contributed by atoms with van der Waals surface area (Å²) in [6.07, 6.45) is 0. The van der Waals surface area contributed by atoms with Gasteiger partial charge in [-0.2, -0.15) is 0 Å². The molecule has 1 nitrogen and oxygen atoms in total. The van der Waals surface area contributed by atoms with E-state index in [4.69, 9.17) is 0 Å². The van der Waals surface area contributed by atoms with Crippen molar-refractivity contribution in [1.82, 2.24) is 0 Å². The summed E-state index contributed by atoms with van der Waals surface area (Å²) in [5.74, 6) is 0. The summed E-state index contributed by atoms with van der Waals surface area (Å²) in [7, 11) is 0. The third kappa shape index (κ3) is 5.21. The SMILES string of the molecule is c1ccc(-c2ccc(N(c3ccc(-c4ccccc4-c4cccc5c4sc4ccccc45)cc3)c3ccc4sc5ccccc5c4c3)cc2)cc1. The average molecular weight is 686 g/mol. The molecule has 0 saturated carbocycles. The van der Waals surface area contributed by atoms with Crippen molar-refractivity contribution in [3.8, 4) is 33.4 Å². The normalized spacial score (nSPS) is 11.5. The number of fused-ring (bicyclic) bond motifs is 6. The number of thiophene rings is 2. The zero-order valence-electron chi connectivity index (χ0n) is 27.7. The number of hydrogen-bond donors (Lipinski definition) is 0. The Morgan fingerprint density at radius 3 is 1.55 bits per heavy atom. The van der Waals surface area contributed by atoms with Crippen LogP contribution in [-0.4, -0.2) is 0 Å². The van der Waals surface area contributed by atoms with E-state index in [2.05, 4.69) is 193 Å². The number of rotatable bonds is 6. The summed E-state index contributed by atoms with van der Waals surface area (Å²) in [6.45, 7) is 0. The van der Waals surface area contributed by atoms with Crippen LogP contribution in [0, 0.1) is 0 Å². The van der Waals surface area contributed by atoms with Crippen molar-refractivity contribution in [2.24, 2.45) is 0 Å². The van der Waals surface area contributed by atoms with Crippen molar-refractivity contribution in [2.45, 2.75) is 0 Å². The van der Waals surface area contributed by atoms with Crippen LogP contribution in [0.1, 0.15) is 0 Å². The maximum absolute atomic E-state index is 2.38. The second-order valence-corrected chi connectivity index (χ2v) is 15.0. The molecule has 240 valence electrons. The monoisotopic (exact) mass is 685 g/mol. The number of nitrogens with zero attached hydrogens (tertiary/aromatic N) is 1. The van der Waals surface area contributed by atoms with E-state index in [1.54, 1.807) is 0 Å². The molecule has 0 aliphatic heterocycles. The predicted molar refractivity (Wildman–Crippen MR) is 223 cm³/mol. The smallest absolute Gasteiger partial charge is 0.0468 e. The number of hydrogen-bond acceptors (Lipinski definition) is 3. The van der Waals surface area contributed by atoms with E-state index in [-0.39, 0.29) is 0 Å². The quantitative estimate of drug-likeness (QED) is 0.168. The summed E-state index contributed by atoms with van der Waals surface area (Å²) in [5.41, 5.74) is 10.8. The van der Waals surface area contributed by atoms with Crippen molar-refractivity contribution in [2.75, 3.05) is 4.90 Å². The van der Waals surface area contributed by atoms with Crippen LogP contribution in [0.5, 0.6) is 0 Å². The molecule has 0 aliphatic rings. The van der Waals surface area contributed by atoms with Crippen LogP contribution in [0.4, 0.5) is 17.1 Å². The van der Waals surface area contributed by atoms with E-state index in [1.165, 1.54) is 73.7 Å². The minimum absolute atomic E-state index is 1.12. The van der Waals surface area contributed by atoms with Gasteiger partial charge in [-0.15, -0.1) is 22.7 Å². The second kappa shape index (κ2) is 12.4. The molecule has 0 aliphatic carbocycles. The minimum Gasteiger partial charge on any atom is -0.310 e. The van der Waals surface area contributed by atoms with E-state index in [9.17, 15) is 0 Å². The zero-order chi connectivity index (χ0) is 33.7. The highest BCUT2D eigenvalue weighted by Crippen LogP contribution is 2.44. The molecular formula is C48H31NS2. The van der Waals surface area contributed by atoms with Gasteiger partial charge < -0.3 is 4.90 Å². The molecule has 0 fully saturated rings. The molecule has 10 rings (SSSR count). The van der Waals surface area contributed by atoms with Crippen molar-refractivity contribution >= 4 is 80.1 Å². The van der Waals surface area contributed by atoms with Gasteiger partial charge in [0, 0.05) is 63.0 Å². The molecule has 0 bridgehead atoms. The first-order valence-electron chi connectivity index (χ1n) is 17.3. The van der Waals surface area contributed by atoms with Gasteiger partial charge in [0.05, 0.1) is 0 Å². The first-order chi connectivity index (χ1) is 25.3. The first kappa shape index (κ1) is 29.9. The fraction of sp³-hybridized carbons (Fsp3) is 0. The topological polar surface area (TPSA) is 3.24 Å². The molecular weight excluding hydrogens is 655 g/mol. The van der Waals surface area contributed by atoms with Crippen molar-refractivity contribution in [3.63, 3.8) is 0 Å². The standard InChI is InChI=1S/C48H31NS2/c1-2-11-32(12-3-1)33-21-25-35(26-22-33)49(37-29-30-47-44(31-37)41-16-7-8-19-45(41)50-47)36-27-23-34(24-28-36)38-13-4-5-14-39(38)42-17-10-18-43-40-15-6-9-20-46(40)51-48(42)43/h1-31H. The van der Waals surface area contributed by atoms with Crippen LogP contribution in [-0.2, 0) is 0 Å².